The smallest absolute Gasteiger partial charge is 0.481 e. The fourth-order valence-corrected chi connectivity index (χ4v) is 3.47. The van der Waals surface area contributed by atoms with Crippen LogP contribution in [0.3, 0.4) is 0 Å². The van der Waals surface area contributed by atoms with E-state index in [1.807, 2.05) is 30.3 Å². The first-order valence-electron chi connectivity index (χ1n) is 8.17. The van der Waals surface area contributed by atoms with Crippen LogP contribution in [0.25, 0.3) is 11.1 Å². The summed E-state index contributed by atoms with van der Waals surface area (Å²) in [6, 6.07) is 18.3. The molecule has 2 unspecified atom stereocenters. The molecule has 0 saturated heterocycles. The van der Waals surface area contributed by atoms with Crippen molar-refractivity contribution in [1.82, 2.24) is 0 Å². The lowest BCUT2D eigenvalue weighted by atomic mass is 9.97. The molecule has 5 nitrogen and oxygen atoms in total. The Morgan fingerprint density at radius 1 is 1.08 bits per heavy atom. The van der Waals surface area contributed by atoms with Crippen LogP contribution >= 0.6 is 8.03 Å². The van der Waals surface area contributed by atoms with E-state index >= 15 is 0 Å². The highest BCUT2D eigenvalue weighted by Crippen LogP contribution is 2.26. The standard InChI is InChI=1S/C19H21O5P/c20-17(13-19(21)22)14-25(23)24-12-6-10-16-9-4-5-11-18(16)15-7-2-1-3-8-15/h1-5,7-9,11,17,20H,6,10,12-14H2/p+1. The molecular weight excluding hydrogens is 339 g/mol. The van der Waals surface area contributed by atoms with Crippen LogP contribution < -0.4 is 0 Å². The number of rotatable bonds is 10. The summed E-state index contributed by atoms with van der Waals surface area (Å²) in [7, 11) is -2.05. The van der Waals surface area contributed by atoms with Crippen molar-refractivity contribution < 1.29 is 24.1 Å². The Hall–Kier alpha value is -2.07. The van der Waals surface area contributed by atoms with Gasteiger partial charge in [0.05, 0.1) is 6.42 Å². The van der Waals surface area contributed by atoms with Crippen molar-refractivity contribution in [2.45, 2.75) is 25.4 Å². The van der Waals surface area contributed by atoms with Gasteiger partial charge in [0.25, 0.3) is 0 Å². The first-order chi connectivity index (χ1) is 12.1. The highest BCUT2D eigenvalue weighted by atomic mass is 31.1. The van der Waals surface area contributed by atoms with Gasteiger partial charge in [0, 0.05) is 0 Å². The number of hydrogen-bond donors (Lipinski definition) is 2. The molecule has 0 aliphatic carbocycles. The average Bonchev–Trinajstić information content (AvgIpc) is 2.59. The molecule has 0 heterocycles. The summed E-state index contributed by atoms with van der Waals surface area (Å²) in [5.74, 6) is -1.12. The highest BCUT2D eigenvalue weighted by molar-refractivity contribution is 7.39. The molecule has 2 atom stereocenters. The van der Waals surface area contributed by atoms with E-state index in [0.717, 1.165) is 12.0 Å². The maximum atomic E-state index is 11.7. The van der Waals surface area contributed by atoms with Gasteiger partial charge in [0.15, 0.2) is 0 Å². The van der Waals surface area contributed by atoms with Gasteiger partial charge in [-0.3, -0.25) is 4.79 Å². The van der Waals surface area contributed by atoms with Crippen LogP contribution in [0.4, 0.5) is 0 Å². The summed E-state index contributed by atoms with van der Waals surface area (Å²) < 4.78 is 16.9. The van der Waals surface area contributed by atoms with Crippen LogP contribution in [0.5, 0.6) is 0 Å². The molecule has 0 aliphatic heterocycles. The Morgan fingerprint density at radius 3 is 2.48 bits per heavy atom. The lowest BCUT2D eigenvalue weighted by molar-refractivity contribution is -0.138. The second kappa shape index (κ2) is 10.0. The third-order valence-electron chi connectivity index (χ3n) is 3.70. The van der Waals surface area contributed by atoms with Crippen LogP contribution in [0.15, 0.2) is 54.6 Å². The molecule has 0 bridgehead atoms. The summed E-state index contributed by atoms with van der Waals surface area (Å²) >= 11 is 0. The van der Waals surface area contributed by atoms with E-state index in [-0.39, 0.29) is 6.16 Å². The molecule has 0 fully saturated rings. The predicted octanol–water partition coefficient (Wildman–Crippen LogP) is 3.88. The van der Waals surface area contributed by atoms with E-state index in [2.05, 4.69) is 24.3 Å². The SMILES string of the molecule is O=C(O)CC(O)C[P+](=O)OCCCc1ccccc1-c1ccccc1. The molecule has 0 amide bonds. The molecule has 0 aliphatic rings. The minimum atomic E-state index is -2.05. The molecule has 132 valence electrons. The minimum Gasteiger partial charge on any atom is -0.481 e. The van der Waals surface area contributed by atoms with Gasteiger partial charge in [-0.2, -0.15) is 0 Å². The lowest BCUT2D eigenvalue weighted by Crippen LogP contribution is -2.15. The number of carbonyl (C=O) groups is 1. The van der Waals surface area contributed by atoms with Gasteiger partial charge >= 0.3 is 14.0 Å². The molecule has 0 saturated carbocycles. The Labute approximate surface area is 148 Å². The zero-order valence-electron chi connectivity index (χ0n) is 13.9. The summed E-state index contributed by atoms with van der Waals surface area (Å²) in [6.45, 7) is 0.304. The van der Waals surface area contributed by atoms with Crippen molar-refractivity contribution in [2.24, 2.45) is 0 Å². The van der Waals surface area contributed by atoms with E-state index in [1.165, 1.54) is 11.1 Å². The Bertz CT molecular complexity index is 702. The first-order valence-corrected chi connectivity index (χ1v) is 9.53. The van der Waals surface area contributed by atoms with Crippen LogP contribution in [-0.2, 0) is 20.3 Å². The number of hydrogen-bond acceptors (Lipinski definition) is 4. The molecule has 6 heteroatoms. The van der Waals surface area contributed by atoms with Gasteiger partial charge < -0.3 is 10.2 Å². The second-order valence-corrected chi connectivity index (χ2v) is 7.02. The van der Waals surface area contributed by atoms with Gasteiger partial charge in [0.2, 0.25) is 6.16 Å². The number of aryl methyl sites for hydroxylation is 1. The molecule has 2 aromatic carbocycles. The maximum Gasteiger partial charge on any atom is 0.510 e. The maximum absolute atomic E-state index is 11.7. The fourth-order valence-electron chi connectivity index (χ4n) is 2.56. The molecule has 0 spiro atoms. The molecule has 0 aromatic heterocycles. The van der Waals surface area contributed by atoms with Crippen molar-refractivity contribution in [2.75, 3.05) is 12.8 Å². The number of aliphatic carboxylic acids is 1. The third-order valence-corrected chi connectivity index (χ3v) is 4.89. The van der Waals surface area contributed by atoms with E-state index in [1.54, 1.807) is 0 Å². The van der Waals surface area contributed by atoms with E-state index in [0.29, 0.717) is 13.0 Å². The molecule has 2 N–H and O–H groups in total. The van der Waals surface area contributed by atoms with Gasteiger partial charge in [-0.1, -0.05) is 54.6 Å². The van der Waals surface area contributed by atoms with Gasteiger partial charge in [-0.05, 0) is 34.1 Å². The predicted molar refractivity (Wildman–Crippen MR) is 96.9 cm³/mol. The number of carboxylic acids is 1. The first kappa shape index (κ1) is 19.3. The topological polar surface area (TPSA) is 83.8 Å². The molecular formula is C19H22O5P+. The van der Waals surface area contributed by atoms with Gasteiger partial charge in [-0.25, -0.2) is 0 Å². The average molecular weight is 361 g/mol. The molecule has 0 radical (unpaired) electrons. The van der Waals surface area contributed by atoms with Crippen molar-refractivity contribution >= 4 is 14.0 Å². The van der Waals surface area contributed by atoms with Gasteiger partial charge in [-0.15, -0.1) is 4.52 Å². The number of benzene rings is 2. The lowest BCUT2D eigenvalue weighted by Gasteiger charge is -2.09. The Morgan fingerprint density at radius 2 is 1.76 bits per heavy atom. The summed E-state index contributed by atoms with van der Waals surface area (Å²) in [5.41, 5.74) is 3.52. The summed E-state index contributed by atoms with van der Waals surface area (Å²) in [4.78, 5) is 10.5. The van der Waals surface area contributed by atoms with Crippen LogP contribution in [0, 0.1) is 0 Å². The largest absolute Gasteiger partial charge is 0.510 e. The van der Waals surface area contributed by atoms with Crippen molar-refractivity contribution in [3.05, 3.63) is 60.2 Å². The van der Waals surface area contributed by atoms with Crippen LogP contribution in [0.1, 0.15) is 18.4 Å². The van der Waals surface area contributed by atoms with Crippen molar-refractivity contribution in [3.8, 4) is 11.1 Å². The highest BCUT2D eigenvalue weighted by Gasteiger charge is 2.25. The van der Waals surface area contributed by atoms with Crippen molar-refractivity contribution in [3.63, 3.8) is 0 Å². The minimum absolute atomic E-state index is 0.151. The normalized spacial score (nSPS) is 12.6. The molecule has 2 aromatic rings. The third kappa shape index (κ3) is 6.75. The zero-order chi connectivity index (χ0) is 18.1. The number of aliphatic hydroxyl groups excluding tert-OH is 1. The summed E-state index contributed by atoms with van der Waals surface area (Å²) in [5, 5.41) is 18.0. The quantitative estimate of drug-likeness (QED) is 0.496. The Kier molecular flexibility index (Phi) is 7.74. The number of carboxylic acid groups (broad SMARTS) is 1. The second-order valence-electron chi connectivity index (χ2n) is 5.73. The van der Waals surface area contributed by atoms with E-state index in [9.17, 15) is 14.5 Å². The monoisotopic (exact) mass is 361 g/mol. The Balaban J connectivity index is 1.81. The van der Waals surface area contributed by atoms with E-state index < -0.39 is 26.5 Å². The van der Waals surface area contributed by atoms with Gasteiger partial charge in [0.1, 0.15) is 12.7 Å². The van der Waals surface area contributed by atoms with E-state index in [4.69, 9.17) is 9.63 Å². The zero-order valence-corrected chi connectivity index (χ0v) is 14.8. The molecule has 25 heavy (non-hydrogen) atoms. The van der Waals surface area contributed by atoms with Crippen molar-refractivity contribution in [1.29, 1.82) is 0 Å². The van der Waals surface area contributed by atoms with Crippen LogP contribution in [0.2, 0.25) is 0 Å². The fraction of sp³-hybridized carbons (Fsp3) is 0.316. The van der Waals surface area contributed by atoms with Crippen LogP contribution in [-0.4, -0.2) is 35.1 Å². The molecule has 2 rings (SSSR count). The summed E-state index contributed by atoms with van der Waals surface area (Å²) in [6.07, 6.45) is -0.233. The number of aliphatic hydroxyl groups is 1.